The Kier molecular flexibility index (Phi) is 3.74. The molecule has 0 bridgehead atoms. The zero-order chi connectivity index (χ0) is 15.7. The number of hydrogen-bond donors (Lipinski definition) is 0. The van der Waals surface area contributed by atoms with Gasteiger partial charge in [0.1, 0.15) is 5.01 Å². The molecule has 0 amide bonds. The second kappa shape index (κ2) is 5.57. The van der Waals surface area contributed by atoms with Gasteiger partial charge < -0.3 is 0 Å². The quantitative estimate of drug-likeness (QED) is 0.581. The van der Waals surface area contributed by atoms with E-state index in [1.165, 1.54) is 23.5 Å². The summed E-state index contributed by atoms with van der Waals surface area (Å²) in [4.78, 5) is 4.37. The molecule has 0 aliphatic heterocycles. The summed E-state index contributed by atoms with van der Waals surface area (Å²) in [5, 5.41) is 2.16. The van der Waals surface area contributed by atoms with E-state index in [-0.39, 0.29) is 5.56 Å². The molecule has 1 nitrogen and oxygen atoms in total. The van der Waals surface area contributed by atoms with Crippen molar-refractivity contribution in [3.8, 4) is 21.8 Å². The Morgan fingerprint density at radius 3 is 2.32 bits per heavy atom. The van der Waals surface area contributed by atoms with E-state index >= 15 is 0 Å². The number of rotatable bonds is 2. The molecule has 3 aromatic rings. The first-order valence-corrected chi connectivity index (χ1v) is 7.52. The normalized spacial score (nSPS) is 11.6. The molecule has 0 saturated heterocycles. The minimum atomic E-state index is -4.38. The lowest BCUT2D eigenvalue weighted by atomic mass is 10.1. The van der Waals surface area contributed by atoms with Crippen LogP contribution in [0.15, 0.2) is 53.9 Å². The molecule has 0 fully saturated rings. The van der Waals surface area contributed by atoms with Crippen LogP contribution in [0.4, 0.5) is 13.2 Å². The fraction of sp³-hybridized carbons (Fsp3) is 0.118. The molecule has 22 heavy (non-hydrogen) atoms. The minimum absolute atomic E-state index is 0.123. The van der Waals surface area contributed by atoms with Gasteiger partial charge >= 0.3 is 6.18 Å². The number of alkyl halides is 3. The van der Waals surface area contributed by atoms with Crippen LogP contribution in [0.2, 0.25) is 0 Å². The van der Waals surface area contributed by atoms with E-state index in [2.05, 4.69) is 4.98 Å². The topological polar surface area (TPSA) is 12.9 Å². The second-order valence-corrected chi connectivity index (χ2v) is 5.81. The Morgan fingerprint density at radius 2 is 1.64 bits per heavy atom. The maximum Gasteiger partial charge on any atom is 0.417 e. The third-order valence-corrected chi connectivity index (χ3v) is 4.19. The van der Waals surface area contributed by atoms with Crippen LogP contribution in [0.25, 0.3) is 21.8 Å². The van der Waals surface area contributed by atoms with Crippen LogP contribution < -0.4 is 0 Å². The number of thiazole rings is 1. The molecule has 0 aliphatic carbocycles. The fourth-order valence-electron chi connectivity index (χ4n) is 2.17. The molecule has 112 valence electrons. The molecule has 3 rings (SSSR count). The van der Waals surface area contributed by atoms with Crippen molar-refractivity contribution in [2.24, 2.45) is 0 Å². The van der Waals surface area contributed by atoms with Gasteiger partial charge in [-0.25, -0.2) is 4.98 Å². The van der Waals surface area contributed by atoms with Gasteiger partial charge in [-0.2, -0.15) is 13.2 Å². The van der Waals surface area contributed by atoms with E-state index in [0.717, 1.165) is 17.2 Å². The molecule has 0 spiro atoms. The average Bonchev–Trinajstić information content (AvgIpc) is 2.97. The van der Waals surface area contributed by atoms with Crippen LogP contribution >= 0.6 is 11.3 Å². The van der Waals surface area contributed by atoms with Gasteiger partial charge in [0.2, 0.25) is 0 Å². The predicted octanol–water partition coefficient (Wildman–Crippen LogP) is 5.80. The Morgan fingerprint density at radius 1 is 0.955 bits per heavy atom. The number of benzene rings is 2. The van der Waals surface area contributed by atoms with Crippen molar-refractivity contribution >= 4 is 11.3 Å². The van der Waals surface area contributed by atoms with E-state index in [0.29, 0.717) is 10.7 Å². The van der Waals surface area contributed by atoms with Crippen molar-refractivity contribution in [1.29, 1.82) is 0 Å². The SMILES string of the molecule is Cc1ccc(-c2csc(-c3ccccc3C(F)(F)F)n2)cc1. The Hall–Kier alpha value is -2.14. The summed E-state index contributed by atoms with van der Waals surface area (Å²) in [6.45, 7) is 1.98. The van der Waals surface area contributed by atoms with Crippen molar-refractivity contribution in [3.05, 3.63) is 65.0 Å². The highest BCUT2D eigenvalue weighted by molar-refractivity contribution is 7.13. The van der Waals surface area contributed by atoms with Crippen molar-refractivity contribution in [1.82, 2.24) is 4.98 Å². The summed E-state index contributed by atoms with van der Waals surface area (Å²) >= 11 is 1.22. The summed E-state index contributed by atoms with van der Waals surface area (Å²) in [7, 11) is 0. The average molecular weight is 319 g/mol. The third-order valence-electron chi connectivity index (χ3n) is 3.31. The zero-order valence-electron chi connectivity index (χ0n) is 11.7. The smallest absolute Gasteiger partial charge is 0.236 e. The first kappa shape index (κ1) is 14.8. The van der Waals surface area contributed by atoms with E-state index in [4.69, 9.17) is 0 Å². The Labute approximate surface area is 130 Å². The maximum absolute atomic E-state index is 13.1. The summed E-state index contributed by atoms with van der Waals surface area (Å²) in [5.74, 6) is 0. The molecule has 2 aromatic carbocycles. The first-order valence-electron chi connectivity index (χ1n) is 6.64. The maximum atomic E-state index is 13.1. The highest BCUT2D eigenvalue weighted by Gasteiger charge is 2.34. The lowest BCUT2D eigenvalue weighted by Gasteiger charge is -2.10. The molecular formula is C17H12F3NS. The summed E-state index contributed by atoms with van der Waals surface area (Å²) in [6, 6.07) is 13.3. The molecular weight excluding hydrogens is 307 g/mol. The molecule has 5 heteroatoms. The number of aryl methyl sites for hydroxylation is 1. The highest BCUT2D eigenvalue weighted by Crippen LogP contribution is 2.38. The summed E-state index contributed by atoms with van der Waals surface area (Å²) < 4.78 is 39.3. The second-order valence-electron chi connectivity index (χ2n) is 4.95. The molecule has 0 unspecified atom stereocenters. The number of halogens is 3. The Balaban J connectivity index is 2.03. The first-order chi connectivity index (χ1) is 10.4. The molecule has 0 saturated carbocycles. The van der Waals surface area contributed by atoms with Gasteiger partial charge in [-0.3, -0.25) is 0 Å². The van der Waals surface area contributed by atoms with E-state index in [1.54, 1.807) is 11.4 Å². The standard InChI is InChI=1S/C17H12F3NS/c1-11-6-8-12(9-7-11)15-10-22-16(21-15)13-4-2-3-5-14(13)17(18,19)20/h2-10H,1H3. The molecule has 0 atom stereocenters. The molecule has 1 aromatic heterocycles. The van der Waals surface area contributed by atoms with Crippen molar-refractivity contribution < 1.29 is 13.2 Å². The number of aromatic nitrogens is 1. The van der Waals surface area contributed by atoms with Gasteiger partial charge in [-0.15, -0.1) is 11.3 Å². The van der Waals surface area contributed by atoms with Crippen LogP contribution in [-0.4, -0.2) is 4.98 Å². The predicted molar refractivity (Wildman–Crippen MR) is 82.7 cm³/mol. The van der Waals surface area contributed by atoms with Crippen LogP contribution in [0, 0.1) is 6.92 Å². The molecule has 0 N–H and O–H groups in total. The van der Waals surface area contributed by atoms with Gasteiger partial charge in [0.05, 0.1) is 11.3 Å². The largest absolute Gasteiger partial charge is 0.417 e. The monoisotopic (exact) mass is 319 g/mol. The Bertz CT molecular complexity index is 788. The number of nitrogens with zero attached hydrogens (tertiary/aromatic N) is 1. The minimum Gasteiger partial charge on any atom is -0.236 e. The molecule has 0 aliphatic rings. The van der Waals surface area contributed by atoms with Crippen molar-refractivity contribution in [3.63, 3.8) is 0 Å². The van der Waals surface area contributed by atoms with E-state index in [1.807, 2.05) is 31.2 Å². The zero-order valence-corrected chi connectivity index (χ0v) is 12.5. The lowest BCUT2D eigenvalue weighted by molar-refractivity contribution is -0.137. The van der Waals surface area contributed by atoms with Crippen molar-refractivity contribution in [2.75, 3.05) is 0 Å². The molecule has 1 heterocycles. The van der Waals surface area contributed by atoms with E-state index < -0.39 is 11.7 Å². The van der Waals surface area contributed by atoms with Gasteiger partial charge in [0, 0.05) is 16.5 Å². The van der Waals surface area contributed by atoms with Gasteiger partial charge in [-0.05, 0) is 13.0 Å². The van der Waals surface area contributed by atoms with Gasteiger partial charge in [0.15, 0.2) is 0 Å². The van der Waals surface area contributed by atoms with Crippen LogP contribution in [0.5, 0.6) is 0 Å². The van der Waals surface area contributed by atoms with Crippen molar-refractivity contribution in [2.45, 2.75) is 13.1 Å². The van der Waals surface area contributed by atoms with Crippen LogP contribution in [-0.2, 0) is 6.18 Å². The fourth-order valence-corrected chi connectivity index (χ4v) is 3.04. The summed E-state index contributed by atoms with van der Waals surface area (Å²) in [5.41, 5.74) is 2.19. The number of hydrogen-bond acceptors (Lipinski definition) is 2. The molecule has 0 radical (unpaired) electrons. The summed E-state index contributed by atoms with van der Waals surface area (Å²) in [6.07, 6.45) is -4.38. The lowest BCUT2D eigenvalue weighted by Crippen LogP contribution is -2.06. The van der Waals surface area contributed by atoms with Gasteiger partial charge in [-0.1, -0.05) is 48.0 Å². The third kappa shape index (κ3) is 2.90. The van der Waals surface area contributed by atoms with Gasteiger partial charge in [0.25, 0.3) is 0 Å². The highest BCUT2D eigenvalue weighted by atomic mass is 32.1. The van der Waals surface area contributed by atoms with Crippen LogP contribution in [0.3, 0.4) is 0 Å². The van der Waals surface area contributed by atoms with E-state index in [9.17, 15) is 13.2 Å². The van der Waals surface area contributed by atoms with Crippen LogP contribution in [0.1, 0.15) is 11.1 Å².